The van der Waals surface area contributed by atoms with E-state index in [4.69, 9.17) is 4.98 Å². The van der Waals surface area contributed by atoms with Gasteiger partial charge in [-0.1, -0.05) is 12.1 Å². The van der Waals surface area contributed by atoms with E-state index < -0.39 is 5.67 Å². The summed E-state index contributed by atoms with van der Waals surface area (Å²) in [5.41, 5.74) is 4.57. The van der Waals surface area contributed by atoms with Crippen LogP contribution in [0.4, 0.5) is 21.8 Å². The Hall–Kier alpha value is -4.21. The number of aromatic nitrogens is 5. The van der Waals surface area contributed by atoms with Crippen LogP contribution in [-0.4, -0.2) is 60.8 Å². The molecule has 1 fully saturated rings. The van der Waals surface area contributed by atoms with Crippen molar-refractivity contribution < 1.29 is 9.18 Å². The van der Waals surface area contributed by atoms with Gasteiger partial charge >= 0.3 is 0 Å². The van der Waals surface area contributed by atoms with Crippen LogP contribution in [0.3, 0.4) is 0 Å². The maximum Gasteiger partial charge on any atom is 0.270 e. The van der Waals surface area contributed by atoms with Gasteiger partial charge in [-0.3, -0.25) is 9.89 Å². The van der Waals surface area contributed by atoms with Crippen LogP contribution in [-0.2, 0) is 20.0 Å². The molecule has 0 atom stereocenters. The van der Waals surface area contributed by atoms with Crippen molar-refractivity contribution in [2.45, 2.75) is 25.6 Å². The second-order valence-corrected chi connectivity index (χ2v) is 9.74. The number of H-pyrrole nitrogens is 1. The fourth-order valence-electron chi connectivity index (χ4n) is 4.95. The average molecular weight is 487 g/mol. The van der Waals surface area contributed by atoms with Gasteiger partial charge in [0.2, 0.25) is 5.95 Å². The molecule has 4 aromatic rings. The monoisotopic (exact) mass is 486 g/mol. The van der Waals surface area contributed by atoms with E-state index in [9.17, 15) is 9.18 Å². The largest absolute Gasteiger partial charge is 0.342 e. The number of amides is 1. The summed E-state index contributed by atoms with van der Waals surface area (Å²) in [4.78, 5) is 25.8. The highest BCUT2D eigenvalue weighted by Gasteiger charge is 2.42. The fraction of sp³-hybridized carbons (Fsp3) is 0.308. The Balaban J connectivity index is 1.16. The number of anilines is 3. The quantitative estimate of drug-likeness (QED) is 0.447. The molecule has 9 nitrogen and oxygen atoms in total. The Labute approximate surface area is 208 Å². The molecule has 0 spiro atoms. The minimum atomic E-state index is -1.28. The third kappa shape index (κ3) is 4.08. The highest BCUT2D eigenvalue weighted by Crippen LogP contribution is 2.30. The zero-order chi connectivity index (χ0) is 24.9. The number of likely N-dealkylation sites (tertiary alicyclic amines) is 1. The minimum absolute atomic E-state index is 0.116. The smallest absolute Gasteiger partial charge is 0.270 e. The molecule has 3 aromatic heterocycles. The van der Waals surface area contributed by atoms with E-state index in [1.165, 1.54) is 6.92 Å². The number of alkyl halides is 1. The number of carbonyl (C=O) groups is 1. The second-order valence-electron chi connectivity index (χ2n) is 9.74. The molecule has 1 amide bonds. The number of halogens is 1. The lowest BCUT2D eigenvalue weighted by molar-refractivity contribution is -0.00847. The van der Waals surface area contributed by atoms with Gasteiger partial charge in [-0.2, -0.15) is 10.1 Å². The van der Waals surface area contributed by atoms with Crippen molar-refractivity contribution in [3.05, 3.63) is 71.9 Å². The SMILES string of the molecule is Cn1c(C(=O)N2CC(C)(F)C2)cc2c1CN(c1nccc(Nc3ccc(-c4cn[nH]c4)cc3)n1)CC2. The van der Waals surface area contributed by atoms with Crippen LogP contribution >= 0.6 is 0 Å². The predicted molar refractivity (Wildman–Crippen MR) is 135 cm³/mol. The van der Waals surface area contributed by atoms with E-state index in [0.717, 1.165) is 41.0 Å². The Morgan fingerprint density at radius 3 is 2.69 bits per heavy atom. The number of carbonyl (C=O) groups excluding carboxylic acids is 1. The molecule has 2 N–H and O–H groups in total. The highest BCUT2D eigenvalue weighted by atomic mass is 19.1. The Bertz CT molecular complexity index is 1400. The van der Waals surface area contributed by atoms with Gasteiger partial charge in [0.05, 0.1) is 25.8 Å². The molecule has 1 aromatic carbocycles. The summed E-state index contributed by atoms with van der Waals surface area (Å²) >= 11 is 0. The van der Waals surface area contributed by atoms with Crippen LogP contribution in [0.2, 0.25) is 0 Å². The molecular weight excluding hydrogens is 459 g/mol. The van der Waals surface area contributed by atoms with Gasteiger partial charge in [0.15, 0.2) is 0 Å². The van der Waals surface area contributed by atoms with E-state index in [0.29, 0.717) is 24.0 Å². The van der Waals surface area contributed by atoms with Crippen molar-refractivity contribution >= 4 is 23.4 Å². The first-order chi connectivity index (χ1) is 17.4. The second kappa shape index (κ2) is 8.47. The van der Waals surface area contributed by atoms with Crippen LogP contribution < -0.4 is 10.2 Å². The molecule has 36 heavy (non-hydrogen) atoms. The van der Waals surface area contributed by atoms with Crippen molar-refractivity contribution in [2.24, 2.45) is 7.05 Å². The summed E-state index contributed by atoms with van der Waals surface area (Å²) < 4.78 is 15.8. The van der Waals surface area contributed by atoms with Crippen LogP contribution in [0.15, 0.2) is 55.0 Å². The van der Waals surface area contributed by atoms with Gasteiger partial charge in [-0.05, 0) is 48.7 Å². The Morgan fingerprint density at radius 2 is 1.97 bits per heavy atom. The summed E-state index contributed by atoms with van der Waals surface area (Å²) in [6.07, 6.45) is 6.18. The summed E-state index contributed by atoms with van der Waals surface area (Å²) in [5.74, 6) is 1.22. The zero-order valence-corrected chi connectivity index (χ0v) is 20.2. The Morgan fingerprint density at radius 1 is 1.17 bits per heavy atom. The van der Waals surface area contributed by atoms with Crippen molar-refractivity contribution in [3.63, 3.8) is 0 Å². The molecule has 2 aliphatic heterocycles. The number of aromatic amines is 1. The number of fused-ring (bicyclic) bond motifs is 1. The van der Waals surface area contributed by atoms with Gasteiger partial charge in [-0.15, -0.1) is 0 Å². The first kappa shape index (κ1) is 22.3. The van der Waals surface area contributed by atoms with Crippen molar-refractivity contribution in [3.8, 4) is 11.1 Å². The zero-order valence-electron chi connectivity index (χ0n) is 20.2. The molecule has 10 heteroatoms. The molecule has 0 radical (unpaired) electrons. The van der Waals surface area contributed by atoms with Crippen LogP contribution in [0.25, 0.3) is 11.1 Å². The van der Waals surface area contributed by atoms with Crippen LogP contribution in [0, 0.1) is 0 Å². The molecule has 184 valence electrons. The number of hydrogen-bond acceptors (Lipinski definition) is 6. The Kier molecular flexibility index (Phi) is 5.24. The molecule has 0 saturated carbocycles. The summed E-state index contributed by atoms with van der Waals surface area (Å²) in [7, 11) is 1.90. The number of nitrogens with zero attached hydrogens (tertiary/aromatic N) is 6. The molecular formula is C26H27FN8O. The number of benzene rings is 1. The molecule has 2 aliphatic rings. The molecule has 6 rings (SSSR count). The van der Waals surface area contributed by atoms with Gasteiger partial charge < -0.3 is 19.7 Å². The third-order valence-corrected chi connectivity index (χ3v) is 6.90. The maximum absolute atomic E-state index is 13.9. The van der Waals surface area contributed by atoms with E-state index >= 15 is 0 Å². The van der Waals surface area contributed by atoms with E-state index in [1.54, 1.807) is 17.3 Å². The van der Waals surface area contributed by atoms with Gasteiger partial charge in [0.25, 0.3) is 5.91 Å². The summed E-state index contributed by atoms with van der Waals surface area (Å²) in [6.45, 7) is 3.17. The van der Waals surface area contributed by atoms with Crippen molar-refractivity contribution in [2.75, 3.05) is 29.9 Å². The number of hydrogen-bond donors (Lipinski definition) is 2. The van der Waals surface area contributed by atoms with Gasteiger partial charge in [0, 0.05) is 42.9 Å². The lowest BCUT2D eigenvalue weighted by atomic mass is 9.98. The first-order valence-corrected chi connectivity index (χ1v) is 12.0. The molecule has 0 aliphatic carbocycles. The molecule has 0 bridgehead atoms. The molecule has 1 saturated heterocycles. The van der Waals surface area contributed by atoms with Crippen molar-refractivity contribution in [1.29, 1.82) is 0 Å². The van der Waals surface area contributed by atoms with Gasteiger partial charge in [-0.25, -0.2) is 9.37 Å². The highest BCUT2D eigenvalue weighted by molar-refractivity contribution is 5.94. The minimum Gasteiger partial charge on any atom is -0.342 e. The lowest BCUT2D eigenvalue weighted by Crippen LogP contribution is -2.59. The first-order valence-electron chi connectivity index (χ1n) is 12.0. The maximum atomic E-state index is 13.9. The van der Waals surface area contributed by atoms with E-state index in [1.807, 2.05) is 54.2 Å². The third-order valence-electron chi connectivity index (χ3n) is 6.90. The summed E-state index contributed by atoms with van der Waals surface area (Å²) in [5, 5.41) is 10.2. The van der Waals surface area contributed by atoms with Crippen LogP contribution in [0.1, 0.15) is 28.7 Å². The van der Waals surface area contributed by atoms with Crippen molar-refractivity contribution in [1.82, 2.24) is 29.6 Å². The summed E-state index contributed by atoms with van der Waals surface area (Å²) in [6, 6.07) is 11.9. The van der Waals surface area contributed by atoms with Crippen LogP contribution in [0.5, 0.6) is 0 Å². The average Bonchev–Trinajstić information content (AvgIpc) is 3.51. The van der Waals surface area contributed by atoms with Gasteiger partial charge in [0.1, 0.15) is 17.2 Å². The lowest BCUT2D eigenvalue weighted by Gasteiger charge is -2.42. The topological polar surface area (TPSA) is 95.0 Å². The normalized spacial score (nSPS) is 16.4. The molecule has 0 unspecified atom stereocenters. The standard InChI is InChI=1S/C26H27FN8O/c1-26(27)15-35(16-26)24(36)21-11-18-8-10-34(14-22(18)33(21)2)25-28-9-7-23(32-25)31-20-5-3-17(4-6-20)19-12-29-30-13-19/h3-7,9,11-13H,8,10,14-16H2,1-2H3,(H,29,30)(H,28,31,32). The molecule has 5 heterocycles. The fourth-order valence-corrected chi connectivity index (χ4v) is 4.95. The predicted octanol–water partition coefficient (Wildman–Crippen LogP) is 3.70. The van der Waals surface area contributed by atoms with E-state index in [-0.39, 0.29) is 19.0 Å². The van der Waals surface area contributed by atoms with E-state index in [2.05, 4.69) is 25.4 Å². The number of nitrogens with one attached hydrogen (secondary N) is 2. The number of rotatable bonds is 5.